The van der Waals surface area contributed by atoms with Gasteiger partial charge in [-0.15, -0.1) is 0 Å². The number of aryl methyl sites for hydroxylation is 2. The van der Waals surface area contributed by atoms with Gasteiger partial charge >= 0.3 is 0 Å². The molecule has 0 atom stereocenters. The quantitative estimate of drug-likeness (QED) is 0.757. The summed E-state index contributed by atoms with van der Waals surface area (Å²) in [5, 5.41) is 3.60. The molecule has 112 valence electrons. The van der Waals surface area contributed by atoms with Gasteiger partial charge in [-0.1, -0.05) is 0 Å². The summed E-state index contributed by atoms with van der Waals surface area (Å²) in [5.41, 5.74) is 2.21. The SMILES string of the molecule is Cc1nc(C(=O)Nc2ncc3n2CCCC3)c2cc[nH]c2n1. The molecule has 0 spiro atoms. The summed E-state index contributed by atoms with van der Waals surface area (Å²) in [6.45, 7) is 2.67. The minimum absolute atomic E-state index is 0.255. The molecular formula is C15H16N6O. The molecular weight excluding hydrogens is 280 g/mol. The molecule has 0 bridgehead atoms. The van der Waals surface area contributed by atoms with E-state index in [4.69, 9.17) is 0 Å². The lowest BCUT2D eigenvalue weighted by Gasteiger charge is -2.16. The molecule has 1 aliphatic rings. The minimum atomic E-state index is -0.255. The van der Waals surface area contributed by atoms with Crippen molar-refractivity contribution in [3.8, 4) is 0 Å². The van der Waals surface area contributed by atoms with E-state index < -0.39 is 0 Å². The Morgan fingerprint density at radius 1 is 1.36 bits per heavy atom. The normalized spacial score (nSPS) is 14.0. The number of aromatic nitrogens is 5. The van der Waals surface area contributed by atoms with Gasteiger partial charge in [0.05, 0.1) is 11.6 Å². The lowest BCUT2D eigenvalue weighted by Crippen LogP contribution is -2.20. The predicted octanol–water partition coefficient (Wildman–Crippen LogP) is 2.05. The fraction of sp³-hybridized carbons (Fsp3) is 0.333. The van der Waals surface area contributed by atoms with Crippen molar-refractivity contribution in [2.75, 3.05) is 5.32 Å². The fourth-order valence-electron chi connectivity index (χ4n) is 2.92. The maximum atomic E-state index is 12.6. The molecule has 0 unspecified atom stereocenters. The van der Waals surface area contributed by atoms with Crippen molar-refractivity contribution in [2.24, 2.45) is 0 Å². The maximum Gasteiger partial charge on any atom is 0.277 e. The summed E-state index contributed by atoms with van der Waals surface area (Å²) >= 11 is 0. The van der Waals surface area contributed by atoms with Crippen molar-refractivity contribution in [1.29, 1.82) is 0 Å². The second kappa shape index (κ2) is 4.94. The molecule has 0 radical (unpaired) electrons. The molecule has 1 aliphatic heterocycles. The molecule has 2 N–H and O–H groups in total. The molecule has 7 nitrogen and oxygen atoms in total. The highest BCUT2D eigenvalue weighted by molar-refractivity contribution is 6.09. The third kappa shape index (κ3) is 2.05. The Bertz CT molecular complexity index is 862. The van der Waals surface area contributed by atoms with E-state index in [0.717, 1.165) is 19.4 Å². The average molecular weight is 296 g/mol. The number of carbonyl (C=O) groups excluding carboxylic acids is 1. The lowest BCUT2D eigenvalue weighted by molar-refractivity contribution is 0.102. The lowest BCUT2D eigenvalue weighted by atomic mass is 10.1. The van der Waals surface area contributed by atoms with E-state index in [1.54, 1.807) is 13.1 Å². The van der Waals surface area contributed by atoms with Crippen LogP contribution < -0.4 is 5.32 Å². The zero-order valence-electron chi connectivity index (χ0n) is 12.3. The summed E-state index contributed by atoms with van der Waals surface area (Å²) in [7, 11) is 0. The number of aromatic amines is 1. The molecule has 4 rings (SSSR count). The number of carbonyl (C=O) groups is 1. The van der Waals surface area contributed by atoms with Crippen LogP contribution in [-0.4, -0.2) is 30.4 Å². The van der Waals surface area contributed by atoms with Crippen molar-refractivity contribution < 1.29 is 4.79 Å². The number of nitrogens with zero attached hydrogens (tertiary/aromatic N) is 4. The molecule has 3 aromatic heterocycles. The molecule has 0 aromatic carbocycles. The van der Waals surface area contributed by atoms with E-state index >= 15 is 0 Å². The van der Waals surface area contributed by atoms with Gasteiger partial charge in [-0.05, 0) is 32.3 Å². The van der Waals surface area contributed by atoms with Gasteiger partial charge in [0, 0.05) is 18.4 Å². The molecule has 7 heteroatoms. The first-order chi connectivity index (χ1) is 10.7. The van der Waals surface area contributed by atoms with E-state index in [0.29, 0.717) is 28.5 Å². The summed E-state index contributed by atoms with van der Waals surface area (Å²) in [6.07, 6.45) is 6.89. The van der Waals surface area contributed by atoms with Gasteiger partial charge in [0.1, 0.15) is 17.2 Å². The number of rotatable bonds is 2. The Labute approximate surface area is 126 Å². The van der Waals surface area contributed by atoms with Crippen LogP contribution >= 0.6 is 0 Å². The van der Waals surface area contributed by atoms with Crippen LogP contribution in [0.3, 0.4) is 0 Å². The van der Waals surface area contributed by atoms with E-state index in [1.165, 1.54) is 12.1 Å². The third-order valence-electron chi connectivity index (χ3n) is 3.97. The first-order valence-corrected chi connectivity index (χ1v) is 7.40. The van der Waals surface area contributed by atoms with Crippen LogP contribution in [0.1, 0.15) is 34.8 Å². The highest BCUT2D eigenvalue weighted by Crippen LogP contribution is 2.21. The van der Waals surface area contributed by atoms with Gasteiger partial charge in [0.2, 0.25) is 5.95 Å². The standard InChI is InChI=1S/C15H16N6O/c1-9-18-12(11-5-6-16-13(11)19-9)14(22)20-15-17-8-10-4-2-3-7-21(10)15/h5-6,8H,2-4,7H2,1H3,(H,16,18,19)(H,17,20,22). The topological polar surface area (TPSA) is 88.5 Å². The molecule has 0 saturated carbocycles. The summed E-state index contributed by atoms with van der Waals surface area (Å²) in [4.78, 5) is 28.5. The Balaban J connectivity index is 1.69. The van der Waals surface area contributed by atoms with Gasteiger partial charge in [0.25, 0.3) is 5.91 Å². The van der Waals surface area contributed by atoms with Crippen molar-refractivity contribution in [3.63, 3.8) is 0 Å². The first kappa shape index (κ1) is 13.0. The number of anilines is 1. The van der Waals surface area contributed by atoms with Gasteiger partial charge in [0.15, 0.2) is 0 Å². The monoisotopic (exact) mass is 296 g/mol. The number of imidazole rings is 1. The predicted molar refractivity (Wildman–Crippen MR) is 81.7 cm³/mol. The summed E-state index contributed by atoms with van der Waals surface area (Å²) in [6, 6.07) is 1.81. The summed E-state index contributed by atoms with van der Waals surface area (Å²) < 4.78 is 2.07. The number of amides is 1. The molecule has 0 fully saturated rings. The van der Waals surface area contributed by atoms with E-state index in [2.05, 4.69) is 29.8 Å². The Hall–Kier alpha value is -2.70. The smallest absolute Gasteiger partial charge is 0.277 e. The Morgan fingerprint density at radius 3 is 3.18 bits per heavy atom. The number of hydrogen-bond donors (Lipinski definition) is 2. The fourth-order valence-corrected chi connectivity index (χ4v) is 2.92. The van der Waals surface area contributed by atoms with Crippen LogP contribution in [0.2, 0.25) is 0 Å². The Morgan fingerprint density at radius 2 is 2.27 bits per heavy atom. The van der Waals surface area contributed by atoms with Gasteiger partial charge < -0.3 is 9.55 Å². The summed E-state index contributed by atoms with van der Waals surface area (Å²) in [5.74, 6) is 0.902. The van der Waals surface area contributed by atoms with Gasteiger partial charge in [-0.2, -0.15) is 0 Å². The maximum absolute atomic E-state index is 12.6. The van der Waals surface area contributed by atoms with E-state index in [1.807, 2.05) is 12.3 Å². The van der Waals surface area contributed by atoms with Crippen LogP contribution in [0.5, 0.6) is 0 Å². The van der Waals surface area contributed by atoms with Crippen molar-refractivity contribution in [3.05, 3.63) is 35.7 Å². The molecule has 0 aliphatic carbocycles. The zero-order valence-corrected chi connectivity index (χ0v) is 12.3. The van der Waals surface area contributed by atoms with Crippen molar-refractivity contribution >= 4 is 22.9 Å². The van der Waals surface area contributed by atoms with E-state index in [9.17, 15) is 4.79 Å². The van der Waals surface area contributed by atoms with Crippen molar-refractivity contribution in [2.45, 2.75) is 32.7 Å². The van der Waals surface area contributed by atoms with Gasteiger partial charge in [-0.25, -0.2) is 15.0 Å². The van der Waals surface area contributed by atoms with E-state index in [-0.39, 0.29) is 5.91 Å². The third-order valence-corrected chi connectivity index (χ3v) is 3.97. The largest absolute Gasteiger partial charge is 0.346 e. The van der Waals surface area contributed by atoms with Crippen LogP contribution in [-0.2, 0) is 13.0 Å². The average Bonchev–Trinajstić information content (AvgIpc) is 3.13. The number of nitrogens with one attached hydrogen (secondary N) is 2. The highest BCUT2D eigenvalue weighted by atomic mass is 16.2. The van der Waals surface area contributed by atoms with Crippen LogP contribution in [0.15, 0.2) is 18.5 Å². The Kier molecular flexibility index (Phi) is 2.92. The zero-order chi connectivity index (χ0) is 15.1. The van der Waals surface area contributed by atoms with Crippen LogP contribution in [0.25, 0.3) is 11.0 Å². The van der Waals surface area contributed by atoms with Crippen molar-refractivity contribution in [1.82, 2.24) is 24.5 Å². The molecule has 4 heterocycles. The van der Waals surface area contributed by atoms with Gasteiger partial charge in [-0.3, -0.25) is 10.1 Å². The van der Waals surface area contributed by atoms with Crippen LogP contribution in [0.4, 0.5) is 5.95 Å². The second-order valence-corrected chi connectivity index (χ2v) is 5.50. The van der Waals surface area contributed by atoms with Crippen LogP contribution in [0, 0.1) is 6.92 Å². The second-order valence-electron chi connectivity index (χ2n) is 5.50. The minimum Gasteiger partial charge on any atom is -0.346 e. The molecule has 3 aromatic rings. The number of hydrogen-bond acceptors (Lipinski definition) is 4. The first-order valence-electron chi connectivity index (χ1n) is 7.40. The molecule has 22 heavy (non-hydrogen) atoms. The number of fused-ring (bicyclic) bond motifs is 2. The molecule has 1 amide bonds. The molecule has 0 saturated heterocycles. The highest BCUT2D eigenvalue weighted by Gasteiger charge is 2.19. The number of H-pyrrole nitrogens is 1.